The average molecular weight is 639 g/mol. The Bertz CT molecular complexity index is 1580. The zero-order valence-corrected chi connectivity index (χ0v) is 28.2. The maximum atomic E-state index is 12.9. The lowest BCUT2D eigenvalue weighted by atomic mass is 9.98. The number of rotatable bonds is 17. The first-order valence-corrected chi connectivity index (χ1v) is 17.7. The molecule has 242 valence electrons. The first-order valence-electron chi connectivity index (χ1n) is 16.7. The largest absolute Gasteiger partial charge is 0.427 e. The first-order chi connectivity index (χ1) is 22.4. The molecule has 0 spiro atoms. The zero-order chi connectivity index (χ0) is 32.7. The molecule has 4 aromatic rings. The van der Waals surface area contributed by atoms with E-state index < -0.39 is 5.97 Å². The van der Waals surface area contributed by atoms with Gasteiger partial charge in [0.1, 0.15) is 11.5 Å². The van der Waals surface area contributed by atoms with E-state index in [9.17, 15) is 14.4 Å². The van der Waals surface area contributed by atoms with E-state index in [-0.39, 0.29) is 17.0 Å². The molecule has 0 unspecified atom stereocenters. The van der Waals surface area contributed by atoms with Crippen molar-refractivity contribution in [2.24, 2.45) is 0 Å². The molecule has 0 aliphatic rings. The predicted molar refractivity (Wildman–Crippen MR) is 190 cm³/mol. The van der Waals surface area contributed by atoms with Crippen LogP contribution in [0.1, 0.15) is 107 Å². The van der Waals surface area contributed by atoms with E-state index in [0.29, 0.717) is 23.5 Å². The molecule has 0 aliphatic carbocycles. The van der Waals surface area contributed by atoms with E-state index in [2.05, 4.69) is 13.8 Å². The summed E-state index contributed by atoms with van der Waals surface area (Å²) in [6.45, 7) is 6.33. The molecule has 0 saturated carbocycles. The molecule has 0 fully saturated rings. The Morgan fingerprint density at radius 1 is 0.630 bits per heavy atom. The molecule has 0 amide bonds. The van der Waals surface area contributed by atoms with Crippen LogP contribution in [0, 0.1) is 0 Å². The summed E-state index contributed by atoms with van der Waals surface area (Å²) in [5.74, 6) is 1.06. The highest BCUT2D eigenvalue weighted by atomic mass is 32.2. The Morgan fingerprint density at radius 3 is 1.91 bits per heavy atom. The lowest BCUT2D eigenvalue weighted by molar-refractivity contribution is -0.134. The number of hydrogen-bond acceptors (Lipinski definition) is 6. The minimum atomic E-state index is -0.436. The van der Waals surface area contributed by atoms with Crippen LogP contribution in [0.3, 0.4) is 0 Å². The van der Waals surface area contributed by atoms with Gasteiger partial charge in [-0.05, 0) is 76.7 Å². The van der Waals surface area contributed by atoms with E-state index in [4.69, 9.17) is 9.47 Å². The zero-order valence-electron chi connectivity index (χ0n) is 27.4. The monoisotopic (exact) mass is 638 g/mol. The Kier molecular flexibility index (Phi) is 13.9. The van der Waals surface area contributed by atoms with Crippen LogP contribution in [0.25, 0.3) is 21.9 Å². The van der Waals surface area contributed by atoms with Gasteiger partial charge in [-0.2, -0.15) is 0 Å². The van der Waals surface area contributed by atoms with Crippen LogP contribution in [-0.4, -0.2) is 22.8 Å². The number of carbonyl (C=O) groups is 3. The number of carbonyl (C=O) groups excluding carboxylic acids is 3. The second kappa shape index (κ2) is 18.3. The molecule has 1 atom stereocenters. The molecule has 4 aromatic carbocycles. The molecule has 0 heterocycles. The van der Waals surface area contributed by atoms with Gasteiger partial charge in [0, 0.05) is 12.2 Å². The fourth-order valence-electron chi connectivity index (χ4n) is 5.27. The Labute approximate surface area is 278 Å². The Morgan fingerprint density at radius 2 is 1.22 bits per heavy atom. The van der Waals surface area contributed by atoms with Crippen LogP contribution in [0.2, 0.25) is 0 Å². The summed E-state index contributed by atoms with van der Waals surface area (Å²) in [5.41, 5.74) is 3.33. The van der Waals surface area contributed by atoms with Crippen molar-refractivity contribution >= 4 is 39.6 Å². The topological polar surface area (TPSA) is 69.7 Å². The Hall–Kier alpha value is -3.90. The van der Waals surface area contributed by atoms with Gasteiger partial charge in [-0.1, -0.05) is 126 Å². The van der Waals surface area contributed by atoms with Gasteiger partial charge in [-0.25, -0.2) is 4.79 Å². The maximum absolute atomic E-state index is 12.9. The number of benzene rings is 4. The third kappa shape index (κ3) is 10.6. The quantitative estimate of drug-likeness (QED) is 0.0651. The van der Waals surface area contributed by atoms with Crippen molar-refractivity contribution in [2.45, 2.75) is 90.9 Å². The van der Waals surface area contributed by atoms with Gasteiger partial charge in [0.15, 0.2) is 5.12 Å². The molecule has 4 rings (SSSR count). The molecule has 0 radical (unpaired) electrons. The number of esters is 2. The normalized spacial score (nSPS) is 11.7. The fraction of sp³-hybridized carbons (Fsp3) is 0.375. The molecule has 6 heteroatoms. The molecule has 0 aliphatic heterocycles. The van der Waals surface area contributed by atoms with Crippen molar-refractivity contribution < 1.29 is 23.9 Å². The molecule has 0 N–H and O–H groups in total. The van der Waals surface area contributed by atoms with Gasteiger partial charge in [-0.15, -0.1) is 0 Å². The predicted octanol–water partition coefficient (Wildman–Crippen LogP) is 10.9. The molecular formula is C40H46O5S. The highest BCUT2D eigenvalue weighted by Crippen LogP contribution is 2.29. The van der Waals surface area contributed by atoms with Gasteiger partial charge in [0.2, 0.25) is 0 Å². The highest BCUT2D eigenvalue weighted by molar-refractivity contribution is 8.13. The standard InChI is InChI=1S/C40H46O5S/c1-4-6-8-10-11-13-38(41)44-36-23-20-31(21-24-36)30-14-16-32(17-15-30)39(42)45-37-25-22-34-27-33(18-19-35(34)28-37)29(3)40(43)46-26-12-9-7-5-2/h14-25,27-29H,4-13,26H2,1-3H3/t29-/m0/s1. The summed E-state index contributed by atoms with van der Waals surface area (Å²) in [7, 11) is 0. The number of hydrogen-bond donors (Lipinski definition) is 0. The van der Waals surface area contributed by atoms with Crippen molar-refractivity contribution in [3.8, 4) is 22.6 Å². The third-order valence-corrected chi connectivity index (χ3v) is 9.30. The molecule has 0 bridgehead atoms. The van der Waals surface area contributed by atoms with E-state index in [1.807, 2.05) is 61.5 Å². The third-order valence-electron chi connectivity index (χ3n) is 8.17. The van der Waals surface area contributed by atoms with Gasteiger partial charge in [0.25, 0.3) is 0 Å². The summed E-state index contributed by atoms with van der Waals surface area (Å²) in [5, 5.41) is 2.14. The van der Waals surface area contributed by atoms with E-state index in [0.717, 1.165) is 58.9 Å². The minimum absolute atomic E-state index is 0.175. The summed E-state index contributed by atoms with van der Waals surface area (Å²) in [4.78, 5) is 37.8. The summed E-state index contributed by atoms with van der Waals surface area (Å²) >= 11 is 1.44. The van der Waals surface area contributed by atoms with Crippen LogP contribution < -0.4 is 9.47 Å². The van der Waals surface area contributed by atoms with Gasteiger partial charge in [0.05, 0.1) is 11.5 Å². The van der Waals surface area contributed by atoms with Gasteiger partial charge < -0.3 is 9.47 Å². The maximum Gasteiger partial charge on any atom is 0.343 e. The fourth-order valence-corrected chi connectivity index (χ4v) is 6.21. The van der Waals surface area contributed by atoms with E-state index in [1.165, 1.54) is 43.9 Å². The van der Waals surface area contributed by atoms with Gasteiger partial charge in [-0.3, -0.25) is 9.59 Å². The summed E-state index contributed by atoms with van der Waals surface area (Å²) in [6.07, 6.45) is 10.5. The number of fused-ring (bicyclic) bond motifs is 1. The second-order valence-electron chi connectivity index (χ2n) is 11.8. The van der Waals surface area contributed by atoms with Crippen molar-refractivity contribution in [2.75, 3.05) is 5.75 Å². The van der Waals surface area contributed by atoms with Crippen molar-refractivity contribution in [1.82, 2.24) is 0 Å². The summed E-state index contributed by atoms with van der Waals surface area (Å²) < 4.78 is 11.2. The number of ether oxygens (including phenoxy) is 2. The molecule has 46 heavy (non-hydrogen) atoms. The average Bonchev–Trinajstić information content (AvgIpc) is 3.08. The van der Waals surface area contributed by atoms with Crippen LogP contribution in [0.5, 0.6) is 11.5 Å². The number of thioether (sulfide) groups is 1. The molecular weight excluding hydrogens is 593 g/mol. The molecule has 0 saturated heterocycles. The van der Waals surface area contributed by atoms with Crippen LogP contribution in [0.15, 0.2) is 84.9 Å². The Balaban J connectivity index is 1.29. The lowest BCUT2D eigenvalue weighted by Gasteiger charge is -2.12. The smallest absolute Gasteiger partial charge is 0.343 e. The highest BCUT2D eigenvalue weighted by Gasteiger charge is 2.17. The summed E-state index contributed by atoms with van der Waals surface area (Å²) in [6, 6.07) is 26.2. The SMILES string of the molecule is CCCCCCCC(=O)Oc1ccc(-c2ccc(C(=O)Oc3ccc4cc([C@H](C)C(=O)SCCCCCC)ccc4c3)cc2)cc1. The van der Waals surface area contributed by atoms with E-state index >= 15 is 0 Å². The van der Waals surface area contributed by atoms with Crippen molar-refractivity contribution in [1.29, 1.82) is 0 Å². The van der Waals surface area contributed by atoms with Crippen molar-refractivity contribution in [3.63, 3.8) is 0 Å². The van der Waals surface area contributed by atoms with E-state index in [1.54, 1.807) is 30.3 Å². The van der Waals surface area contributed by atoms with Crippen LogP contribution in [0.4, 0.5) is 0 Å². The van der Waals surface area contributed by atoms with Crippen molar-refractivity contribution in [3.05, 3.63) is 96.1 Å². The van der Waals surface area contributed by atoms with Crippen LogP contribution >= 0.6 is 11.8 Å². The number of unbranched alkanes of at least 4 members (excludes halogenated alkanes) is 7. The van der Waals surface area contributed by atoms with Crippen LogP contribution in [-0.2, 0) is 9.59 Å². The van der Waals surface area contributed by atoms with Gasteiger partial charge >= 0.3 is 11.9 Å². The lowest BCUT2D eigenvalue weighted by Crippen LogP contribution is -2.08. The molecule has 5 nitrogen and oxygen atoms in total. The second-order valence-corrected chi connectivity index (χ2v) is 12.9. The first kappa shape index (κ1) is 35.0. The minimum Gasteiger partial charge on any atom is -0.427 e. The molecule has 0 aromatic heterocycles.